The van der Waals surface area contributed by atoms with E-state index in [2.05, 4.69) is 10.5 Å². The number of rotatable bonds is 7. The van der Waals surface area contributed by atoms with Crippen molar-refractivity contribution < 1.29 is 19.1 Å². The molecule has 3 rings (SSSR count). The average Bonchev–Trinajstić information content (AvgIpc) is 2.77. The molecule has 0 saturated heterocycles. The number of hydrazone groups is 1. The van der Waals surface area contributed by atoms with Gasteiger partial charge in [-0.15, -0.1) is 0 Å². The minimum Gasteiger partial charge on any atom is -0.484 e. The van der Waals surface area contributed by atoms with Gasteiger partial charge >= 0.3 is 5.97 Å². The zero-order valence-electron chi connectivity index (χ0n) is 17.1. The number of amides is 1. The molecule has 1 N–H and O–H groups in total. The van der Waals surface area contributed by atoms with Crippen molar-refractivity contribution in [3.05, 3.63) is 94.0 Å². The highest BCUT2D eigenvalue weighted by molar-refractivity contribution is 6.32. The van der Waals surface area contributed by atoms with Crippen LogP contribution in [0.4, 0.5) is 0 Å². The Balaban J connectivity index is 1.47. The van der Waals surface area contributed by atoms with Crippen LogP contribution >= 0.6 is 11.6 Å². The summed E-state index contributed by atoms with van der Waals surface area (Å²) in [7, 11) is 0. The third-order valence-electron chi connectivity index (χ3n) is 4.28. The van der Waals surface area contributed by atoms with Crippen molar-refractivity contribution in [2.75, 3.05) is 6.61 Å². The van der Waals surface area contributed by atoms with Crippen LogP contribution in [0.5, 0.6) is 11.5 Å². The third kappa shape index (κ3) is 6.42. The highest BCUT2D eigenvalue weighted by Gasteiger charge is 2.08. The molecular weight excluding hydrogens is 416 g/mol. The molecule has 0 bridgehead atoms. The van der Waals surface area contributed by atoms with Gasteiger partial charge in [0.2, 0.25) is 0 Å². The van der Waals surface area contributed by atoms with Crippen molar-refractivity contribution in [3.8, 4) is 11.5 Å². The van der Waals surface area contributed by atoms with Crippen molar-refractivity contribution >= 4 is 29.7 Å². The number of carbonyl (C=O) groups is 2. The van der Waals surface area contributed by atoms with E-state index in [1.165, 1.54) is 6.21 Å². The molecule has 0 spiro atoms. The van der Waals surface area contributed by atoms with Crippen LogP contribution in [0.15, 0.2) is 71.8 Å². The molecule has 0 atom stereocenters. The topological polar surface area (TPSA) is 77.0 Å². The molecule has 0 aromatic heterocycles. The highest BCUT2D eigenvalue weighted by atomic mass is 35.5. The fourth-order valence-corrected chi connectivity index (χ4v) is 2.82. The first-order valence-corrected chi connectivity index (χ1v) is 9.89. The van der Waals surface area contributed by atoms with Gasteiger partial charge in [-0.3, -0.25) is 4.79 Å². The summed E-state index contributed by atoms with van der Waals surface area (Å²) < 4.78 is 10.8. The predicted octanol–water partition coefficient (Wildman–Crippen LogP) is 4.71. The van der Waals surface area contributed by atoms with Crippen LogP contribution in [0.2, 0.25) is 5.02 Å². The summed E-state index contributed by atoms with van der Waals surface area (Å²) in [6.07, 6.45) is 1.48. The molecule has 7 heteroatoms. The lowest BCUT2D eigenvalue weighted by Gasteiger charge is -2.09. The number of nitrogens with one attached hydrogen (secondary N) is 1. The normalized spacial score (nSPS) is 10.7. The Kier molecular flexibility index (Phi) is 7.40. The van der Waals surface area contributed by atoms with Gasteiger partial charge < -0.3 is 9.47 Å². The summed E-state index contributed by atoms with van der Waals surface area (Å²) in [6, 6.07) is 19.0. The smallest absolute Gasteiger partial charge is 0.343 e. The molecular formula is C24H21ClN2O4. The summed E-state index contributed by atoms with van der Waals surface area (Å²) in [6.45, 7) is 3.58. The van der Waals surface area contributed by atoms with E-state index in [9.17, 15) is 9.59 Å². The molecule has 1 amide bonds. The minimum absolute atomic E-state index is 0.174. The maximum Gasteiger partial charge on any atom is 0.343 e. The number of nitrogens with zero attached hydrogens (tertiary/aromatic N) is 1. The second-order valence-corrected chi connectivity index (χ2v) is 7.16. The number of hydrogen-bond acceptors (Lipinski definition) is 5. The number of aryl methyl sites for hydroxylation is 2. The van der Waals surface area contributed by atoms with Crippen molar-refractivity contribution in [1.29, 1.82) is 0 Å². The quantitative estimate of drug-likeness (QED) is 0.252. The Morgan fingerprint density at radius 2 is 1.61 bits per heavy atom. The van der Waals surface area contributed by atoms with Crippen LogP contribution in [0.25, 0.3) is 0 Å². The van der Waals surface area contributed by atoms with E-state index in [0.29, 0.717) is 22.1 Å². The minimum atomic E-state index is -0.430. The van der Waals surface area contributed by atoms with Crippen molar-refractivity contribution in [1.82, 2.24) is 5.43 Å². The Morgan fingerprint density at radius 3 is 2.26 bits per heavy atom. The fraction of sp³-hybridized carbons (Fsp3) is 0.125. The van der Waals surface area contributed by atoms with E-state index in [1.807, 2.05) is 19.9 Å². The number of benzene rings is 3. The summed E-state index contributed by atoms with van der Waals surface area (Å²) in [5.74, 6) is 0.159. The fourth-order valence-electron chi connectivity index (χ4n) is 2.71. The lowest BCUT2D eigenvalue weighted by atomic mass is 10.1. The van der Waals surface area contributed by atoms with Crippen molar-refractivity contribution in [3.63, 3.8) is 0 Å². The number of halogens is 1. The highest BCUT2D eigenvalue weighted by Crippen LogP contribution is 2.25. The number of carbonyl (C=O) groups excluding carboxylic acids is 2. The molecule has 0 heterocycles. The Labute approximate surface area is 185 Å². The van der Waals surface area contributed by atoms with Gasteiger partial charge in [-0.2, -0.15) is 5.10 Å². The third-order valence-corrected chi connectivity index (χ3v) is 4.88. The van der Waals surface area contributed by atoms with Gasteiger partial charge in [-0.1, -0.05) is 29.8 Å². The van der Waals surface area contributed by atoms with Gasteiger partial charge in [0, 0.05) is 5.02 Å². The molecule has 0 radical (unpaired) electrons. The second kappa shape index (κ2) is 10.4. The maximum atomic E-state index is 12.0. The van der Waals surface area contributed by atoms with E-state index in [-0.39, 0.29) is 6.61 Å². The summed E-state index contributed by atoms with van der Waals surface area (Å²) in [5, 5.41) is 4.59. The zero-order valence-corrected chi connectivity index (χ0v) is 17.8. The van der Waals surface area contributed by atoms with Crippen LogP contribution in [-0.2, 0) is 4.79 Å². The number of ether oxygens (including phenoxy) is 2. The monoisotopic (exact) mass is 436 g/mol. The van der Waals surface area contributed by atoms with E-state index in [1.54, 1.807) is 60.7 Å². The molecule has 0 aliphatic carbocycles. The second-order valence-electron chi connectivity index (χ2n) is 6.78. The first kappa shape index (κ1) is 22.1. The van der Waals surface area contributed by atoms with Crippen LogP contribution in [-0.4, -0.2) is 24.7 Å². The number of hydrogen-bond donors (Lipinski definition) is 1. The number of esters is 1. The largest absolute Gasteiger partial charge is 0.484 e. The predicted molar refractivity (Wildman–Crippen MR) is 120 cm³/mol. The van der Waals surface area contributed by atoms with Crippen LogP contribution in [0, 0.1) is 13.8 Å². The van der Waals surface area contributed by atoms with Crippen LogP contribution in [0.3, 0.4) is 0 Å². The van der Waals surface area contributed by atoms with Crippen molar-refractivity contribution in [2.45, 2.75) is 13.8 Å². The van der Waals surface area contributed by atoms with E-state index >= 15 is 0 Å². The zero-order chi connectivity index (χ0) is 22.2. The van der Waals surface area contributed by atoms with Gasteiger partial charge in [-0.05, 0) is 79.1 Å². The molecule has 0 aliphatic heterocycles. The molecule has 31 heavy (non-hydrogen) atoms. The standard InChI is InChI=1S/C24H21ClN2O4/c1-16-12-21(13-17(2)23(16)25)30-15-22(28)27-26-14-18-8-10-20(11-9-18)31-24(29)19-6-4-3-5-7-19/h3-14H,15H2,1-2H3,(H,27,28). The van der Waals surface area contributed by atoms with E-state index in [0.717, 1.165) is 16.7 Å². The molecule has 158 valence electrons. The van der Waals surface area contributed by atoms with Crippen LogP contribution in [0.1, 0.15) is 27.0 Å². The van der Waals surface area contributed by atoms with Gasteiger partial charge in [-0.25, -0.2) is 10.2 Å². The van der Waals surface area contributed by atoms with E-state index < -0.39 is 11.9 Å². The molecule has 0 fully saturated rings. The molecule has 0 aliphatic rings. The summed E-state index contributed by atoms with van der Waals surface area (Å²) in [4.78, 5) is 24.0. The van der Waals surface area contributed by atoms with Gasteiger partial charge in [0.25, 0.3) is 5.91 Å². The molecule has 3 aromatic rings. The SMILES string of the molecule is Cc1cc(OCC(=O)NN=Cc2ccc(OC(=O)c3ccccc3)cc2)cc(C)c1Cl. The Morgan fingerprint density at radius 1 is 0.968 bits per heavy atom. The molecule has 3 aromatic carbocycles. The van der Waals surface area contributed by atoms with Gasteiger partial charge in [0.15, 0.2) is 6.61 Å². The maximum absolute atomic E-state index is 12.0. The Hall–Kier alpha value is -3.64. The summed E-state index contributed by atoms with van der Waals surface area (Å²) in [5.41, 5.74) is 5.37. The van der Waals surface area contributed by atoms with E-state index in [4.69, 9.17) is 21.1 Å². The molecule has 0 saturated carbocycles. The average molecular weight is 437 g/mol. The lowest BCUT2D eigenvalue weighted by molar-refractivity contribution is -0.123. The lowest BCUT2D eigenvalue weighted by Crippen LogP contribution is -2.24. The van der Waals surface area contributed by atoms with Crippen molar-refractivity contribution in [2.24, 2.45) is 5.10 Å². The molecule has 0 unspecified atom stereocenters. The first-order valence-electron chi connectivity index (χ1n) is 9.51. The van der Waals surface area contributed by atoms with Gasteiger partial charge in [0.05, 0.1) is 11.8 Å². The van der Waals surface area contributed by atoms with Crippen LogP contribution < -0.4 is 14.9 Å². The molecule has 6 nitrogen and oxygen atoms in total. The van der Waals surface area contributed by atoms with Gasteiger partial charge in [0.1, 0.15) is 11.5 Å². The first-order chi connectivity index (χ1) is 14.9. The summed E-state index contributed by atoms with van der Waals surface area (Å²) >= 11 is 6.12. The Bertz CT molecular complexity index is 1070.